The zero-order valence-electron chi connectivity index (χ0n) is 11.5. The van der Waals surface area contributed by atoms with Gasteiger partial charge in [-0.3, -0.25) is 0 Å². The SMILES string of the molecule is CSCCCCCNC1CCCc2ccccc21. The van der Waals surface area contributed by atoms with Crippen molar-refractivity contribution < 1.29 is 0 Å². The number of fused-ring (bicyclic) bond motifs is 1. The number of unbranched alkanes of at least 4 members (excludes halogenated alkanes) is 2. The van der Waals surface area contributed by atoms with Gasteiger partial charge in [-0.1, -0.05) is 30.7 Å². The van der Waals surface area contributed by atoms with E-state index >= 15 is 0 Å². The molecule has 1 N–H and O–H groups in total. The van der Waals surface area contributed by atoms with Crippen molar-refractivity contribution in [1.29, 1.82) is 0 Å². The number of thioether (sulfide) groups is 1. The number of benzene rings is 1. The summed E-state index contributed by atoms with van der Waals surface area (Å²) < 4.78 is 0. The van der Waals surface area contributed by atoms with Gasteiger partial charge in [0.05, 0.1) is 0 Å². The molecule has 1 aliphatic carbocycles. The van der Waals surface area contributed by atoms with Crippen LogP contribution in [0.2, 0.25) is 0 Å². The molecule has 0 aromatic heterocycles. The summed E-state index contributed by atoms with van der Waals surface area (Å²) in [5.74, 6) is 1.31. The van der Waals surface area contributed by atoms with Crippen molar-refractivity contribution in [1.82, 2.24) is 5.32 Å². The fraction of sp³-hybridized carbons (Fsp3) is 0.625. The summed E-state index contributed by atoms with van der Waals surface area (Å²) in [4.78, 5) is 0. The summed E-state index contributed by atoms with van der Waals surface area (Å²) in [6.45, 7) is 1.17. The van der Waals surface area contributed by atoms with Gasteiger partial charge in [-0.2, -0.15) is 11.8 Å². The van der Waals surface area contributed by atoms with Crippen molar-refractivity contribution in [3.63, 3.8) is 0 Å². The molecule has 2 rings (SSSR count). The highest BCUT2D eigenvalue weighted by Gasteiger charge is 2.18. The molecule has 2 heteroatoms. The Morgan fingerprint density at radius 1 is 1.22 bits per heavy atom. The lowest BCUT2D eigenvalue weighted by molar-refractivity contribution is 0.451. The van der Waals surface area contributed by atoms with Gasteiger partial charge in [0.25, 0.3) is 0 Å². The highest BCUT2D eigenvalue weighted by Crippen LogP contribution is 2.29. The van der Waals surface area contributed by atoms with Crippen LogP contribution in [0.25, 0.3) is 0 Å². The average molecular weight is 263 g/mol. The predicted octanol–water partition coefficient (Wildman–Crippen LogP) is 4.19. The molecular formula is C16H25NS. The second-order valence-electron chi connectivity index (χ2n) is 5.15. The highest BCUT2D eigenvalue weighted by atomic mass is 32.2. The maximum absolute atomic E-state index is 3.75. The first-order valence-electron chi connectivity index (χ1n) is 7.22. The van der Waals surface area contributed by atoms with Crippen molar-refractivity contribution >= 4 is 11.8 Å². The third-order valence-electron chi connectivity index (χ3n) is 3.79. The number of hydrogen-bond acceptors (Lipinski definition) is 2. The van der Waals surface area contributed by atoms with E-state index in [9.17, 15) is 0 Å². The van der Waals surface area contributed by atoms with E-state index in [1.165, 1.54) is 50.8 Å². The first kappa shape index (κ1) is 14.0. The topological polar surface area (TPSA) is 12.0 Å². The molecule has 0 saturated heterocycles. The van der Waals surface area contributed by atoms with Crippen LogP contribution >= 0.6 is 11.8 Å². The summed E-state index contributed by atoms with van der Waals surface area (Å²) in [5.41, 5.74) is 3.11. The highest BCUT2D eigenvalue weighted by molar-refractivity contribution is 7.98. The first-order valence-corrected chi connectivity index (χ1v) is 8.61. The van der Waals surface area contributed by atoms with E-state index in [0.29, 0.717) is 6.04 Å². The lowest BCUT2D eigenvalue weighted by atomic mass is 9.88. The third-order valence-corrected chi connectivity index (χ3v) is 4.48. The zero-order valence-corrected chi connectivity index (χ0v) is 12.3. The molecule has 1 aromatic carbocycles. The van der Waals surface area contributed by atoms with Crippen LogP contribution in [0.5, 0.6) is 0 Å². The molecule has 0 spiro atoms. The van der Waals surface area contributed by atoms with Gasteiger partial charge in [0.1, 0.15) is 0 Å². The average Bonchev–Trinajstić information content (AvgIpc) is 2.43. The molecule has 0 aliphatic heterocycles. The first-order chi connectivity index (χ1) is 8.92. The van der Waals surface area contributed by atoms with Gasteiger partial charge < -0.3 is 5.32 Å². The van der Waals surface area contributed by atoms with Crippen molar-refractivity contribution in [3.8, 4) is 0 Å². The van der Waals surface area contributed by atoms with E-state index in [0.717, 1.165) is 0 Å². The maximum atomic E-state index is 3.75. The Bertz CT molecular complexity index is 351. The monoisotopic (exact) mass is 263 g/mol. The minimum Gasteiger partial charge on any atom is -0.310 e. The minimum atomic E-state index is 0.607. The summed E-state index contributed by atoms with van der Waals surface area (Å²) in [5, 5.41) is 3.75. The summed E-state index contributed by atoms with van der Waals surface area (Å²) in [6, 6.07) is 9.55. The van der Waals surface area contributed by atoms with Gasteiger partial charge in [0.2, 0.25) is 0 Å². The molecule has 0 heterocycles. The smallest absolute Gasteiger partial charge is 0.0323 e. The summed E-state index contributed by atoms with van der Waals surface area (Å²) >= 11 is 1.96. The van der Waals surface area contributed by atoms with Gasteiger partial charge in [-0.15, -0.1) is 0 Å². The maximum Gasteiger partial charge on any atom is 0.0323 e. The Morgan fingerprint density at radius 3 is 3.00 bits per heavy atom. The van der Waals surface area contributed by atoms with Gasteiger partial charge in [0.15, 0.2) is 0 Å². The molecule has 18 heavy (non-hydrogen) atoms. The van der Waals surface area contributed by atoms with Crippen molar-refractivity contribution in [2.75, 3.05) is 18.6 Å². The molecule has 0 amide bonds. The van der Waals surface area contributed by atoms with Crippen LogP contribution < -0.4 is 5.32 Å². The molecule has 0 radical (unpaired) electrons. The van der Waals surface area contributed by atoms with Crippen molar-refractivity contribution in [2.24, 2.45) is 0 Å². The summed E-state index contributed by atoms with van der Waals surface area (Å²) in [7, 11) is 0. The second kappa shape index (κ2) is 7.85. The van der Waals surface area contributed by atoms with Gasteiger partial charge in [-0.25, -0.2) is 0 Å². The molecule has 1 nitrogen and oxygen atoms in total. The van der Waals surface area contributed by atoms with Crippen LogP contribution in [-0.4, -0.2) is 18.6 Å². The Morgan fingerprint density at radius 2 is 2.11 bits per heavy atom. The Labute approximate surface area is 116 Å². The fourth-order valence-electron chi connectivity index (χ4n) is 2.79. The fourth-order valence-corrected chi connectivity index (χ4v) is 3.28. The van der Waals surface area contributed by atoms with Gasteiger partial charge in [-0.05, 0) is 61.8 Å². The lowest BCUT2D eigenvalue weighted by Gasteiger charge is -2.26. The summed E-state index contributed by atoms with van der Waals surface area (Å²) in [6.07, 6.45) is 10.1. The molecule has 1 aliphatic rings. The van der Waals surface area contributed by atoms with E-state index in [-0.39, 0.29) is 0 Å². The lowest BCUT2D eigenvalue weighted by Crippen LogP contribution is -2.26. The van der Waals surface area contributed by atoms with Gasteiger partial charge >= 0.3 is 0 Å². The van der Waals surface area contributed by atoms with Crippen molar-refractivity contribution in [3.05, 3.63) is 35.4 Å². The zero-order chi connectivity index (χ0) is 12.6. The van der Waals surface area contributed by atoms with Gasteiger partial charge in [0, 0.05) is 6.04 Å². The minimum absolute atomic E-state index is 0.607. The molecule has 1 aromatic rings. The molecule has 0 bridgehead atoms. The number of rotatable bonds is 7. The standard InChI is InChI=1S/C16H25NS/c1-18-13-6-2-5-12-17-16-11-7-9-14-8-3-4-10-15(14)16/h3-4,8,10,16-17H,2,5-7,9,11-13H2,1H3. The van der Waals surface area contributed by atoms with Crippen LogP contribution in [-0.2, 0) is 6.42 Å². The number of hydrogen-bond donors (Lipinski definition) is 1. The molecule has 1 atom stereocenters. The number of nitrogens with one attached hydrogen (secondary N) is 1. The van der Waals surface area contributed by atoms with Crippen LogP contribution in [0.4, 0.5) is 0 Å². The van der Waals surface area contributed by atoms with E-state index in [1.54, 1.807) is 11.1 Å². The van der Waals surface area contributed by atoms with E-state index < -0.39 is 0 Å². The van der Waals surface area contributed by atoms with Crippen LogP contribution in [0.1, 0.15) is 49.3 Å². The molecular weight excluding hydrogens is 238 g/mol. The van der Waals surface area contributed by atoms with Crippen molar-refractivity contribution in [2.45, 2.75) is 44.6 Å². The predicted molar refractivity (Wildman–Crippen MR) is 82.4 cm³/mol. The molecule has 0 fully saturated rings. The van der Waals surface area contributed by atoms with Crippen LogP contribution in [0.15, 0.2) is 24.3 Å². The number of aryl methyl sites for hydroxylation is 1. The normalized spacial score (nSPS) is 18.6. The van der Waals surface area contributed by atoms with E-state index in [4.69, 9.17) is 0 Å². The van der Waals surface area contributed by atoms with E-state index in [1.807, 2.05) is 11.8 Å². The third kappa shape index (κ3) is 4.03. The second-order valence-corrected chi connectivity index (χ2v) is 6.14. The Balaban J connectivity index is 1.74. The quantitative estimate of drug-likeness (QED) is 0.740. The largest absolute Gasteiger partial charge is 0.310 e. The van der Waals surface area contributed by atoms with Crippen LogP contribution in [0.3, 0.4) is 0 Å². The van der Waals surface area contributed by atoms with Crippen LogP contribution in [0, 0.1) is 0 Å². The van der Waals surface area contributed by atoms with E-state index in [2.05, 4.69) is 35.8 Å². The Hall–Kier alpha value is -0.470. The molecule has 1 unspecified atom stereocenters. The molecule has 0 saturated carbocycles. The Kier molecular flexibility index (Phi) is 6.09. The molecule has 100 valence electrons.